The van der Waals surface area contributed by atoms with Crippen LogP contribution in [0.15, 0.2) is 0 Å². The first-order valence-corrected chi connectivity index (χ1v) is 6.55. The number of aliphatic hydroxyl groups is 1. The number of hydrogen-bond donors (Lipinski definition) is 2. The van der Waals surface area contributed by atoms with Crippen molar-refractivity contribution >= 4 is 0 Å². The summed E-state index contributed by atoms with van der Waals surface area (Å²) >= 11 is 0. The van der Waals surface area contributed by atoms with E-state index in [1.807, 2.05) is 6.92 Å². The molecule has 0 radical (unpaired) electrons. The largest absolute Gasteiger partial charge is 0.388 e. The zero-order valence-corrected chi connectivity index (χ0v) is 11.3. The van der Waals surface area contributed by atoms with E-state index < -0.39 is 5.60 Å². The Kier molecular flexibility index (Phi) is 4.77. The number of nitrogens with one attached hydrogen (secondary N) is 1. The molecule has 1 aliphatic rings. The molecule has 1 unspecified atom stereocenters. The quantitative estimate of drug-likeness (QED) is 0.718. The average Bonchev–Trinajstić information content (AvgIpc) is 2.24. The summed E-state index contributed by atoms with van der Waals surface area (Å²) in [6.07, 6.45) is 3.76. The lowest BCUT2D eigenvalue weighted by Gasteiger charge is -2.39. The van der Waals surface area contributed by atoms with Crippen molar-refractivity contribution in [2.45, 2.75) is 58.1 Å². The topological polar surface area (TPSA) is 35.5 Å². The van der Waals surface area contributed by atoms with Crippen molar-refractivity contribution in [3.8, 4) is 0 Å². The maximum atomic E-state index is 10.2. The summed E-state index contributed by atoms with van der Waals surface area (Å²) in [5.41, 5.74) is -0.450. The van der Waals surface area contributed by atoms with Crippen LogP contribution in [0.5, 0.6) is 0 Å². The van der Waals surface area contributed by atoms with Gasteiger partial charge in [-0.05, 0) is 33.7 Å². The SMILES string of the molecule is CCCCCN1CC(C)(O)CNCC1(C)C. The second kappa shape index (κ2) is 5.48. The summed E-state index contributed by atoms with van der Waals surface area (Å²) in [5.74, 6) is 0. The Hall–Kier alpha value is -0.120. The molecule has 0 aromatic heterocycles. The predicted molar refractivity (Wildman–Crippen MR) is 68.7 cm³/mol. The number of nitrogens with zero attached hydrogens (tertiary/aromatic N) is 1. The molecule has 0 spiro atoms. The number of hydrogen-bond acceptors (Lipinski definition) is 3. The smallest absolute Gasteiger partial charge is 0.0869 e. The highest BCUT2D eigenvalue weighted by Gasteiger charge is 2.35. The van der Waals surface area contributed by atoms with Crippen LogP contribution < -0.4 is 5.32 Å². The van der Waals surface area contributed by atoms with Crippen LogP contribution in [0.25, 0.3) is 0 Å². The van der Waals surface area contributed by atoms with Crippen LogP contribution in [0, 0.1) is 0 Å². The first kappa shape index (κ1) is 13.9. The van der Waals surface area contributed by atoms with Crippen LogP contribution in [0.3, 0.4) is 0 Å². The molecule has 1 atom stereocenters. The standard InChI is InChI=1S/C13H28N2O/c1-5-6-7-8-15-11-13(4,16)10-14-9-12(15,2)3/h14,16H,5-11H2,1-4H3. The molecule has 1 heterocycles. The first-order chi connectivity index (χ1) is 7.37. The van der Waals surface area contributed by atoms with E-state index in [1.165, 1.54) is 19.3 Å². The maximum Gasteiger partial charge on any atom is 0.0869 e. The van der Waals surface area contributed by atoms with Crippen LogP contribution >= 0.6 is 0 Å². The molecule has 0 bridgehead atoms. The molecular formula is C13H28N2O. The van der Waals surface area contributed by atoms with Crippen LogP contribution in [0.1, 0.15) is 47.0 Å². The van der Waals surface area contributed by atoms with E-state index in [4.69, 9.17) is 0 Å². The van der Waals surface area contributed by atoms with Gasteiger partial charge < -0.3 is 10.4 Å². The van der Waals surface area contributed by atoms with Gasteiger partial charge in [0, 0.05) is 25.2 Å². The van der Waals surface area contributed by atoms with Gasteiger partial charge in [0.25, 0.3) is 0 Å². The highest BCUT2D eigenvalue weighted by molar-refractivity contribution is 4.93. The lowest BCUT2D eigenvalue weighted by molar-refractivity contribution is 0.00947. The fraction of sp³-hybridized carbons (Fsp3) is 1.00. The number of β-amino-alcohol motifs (C(OH)–C–C–N with tert-alkyl or cyclic N) is 1. The Morgan fingerprint density at radius 1 is 1.19 bits per heavy atom. The molecule has 1 rings (SSSR count). The Bertz CT molecular complexity index is 214. The van der Waals surface area contributed by atoms with E-state index in [-0.39, 0.29) is 5.54 Å². The molecule has 0 aliphatic carbocycles. The lowest BCUT2D eigenvalue weighted by atomic mass is 10.0. The molecule has 1 aliphatic heterocycles. The predicted octanol–water partition coefficient (Wildman–Crippen LogP) is 1.61. The summed E-state index contributed by atoms with van der Waals surface area (Å²) in [4.78, 5) is 2.43. The molecule has 0 aromatic carbocycles. The maximum absolute atomic E-state index is 10.2. The Morgan fingerprint density at radius 2 is 1.88 bits per heavy atom. The van der Waals surface area contributed by atoms with E-state index in [1.54, 1.807) is 0 Å². The molecule has 2 N–H and O–H groups in total. The average molecular weight is 228 g/mol. The van der Waals surface area contributed by atoms with Gasteiger partial charge in [0.15, 0.2) is 0 Å². The molecule has 1 fully saturated rings. The second-order valence-electron chi connectivity index (χ2n) is 6.04. The van der Waals surface area contributed by atoms with E-state index in [2.05, 4.69) is 31.0 Å². The van der Waals surface area contributed by atoms with Crippen molar-refractivity contribution in [2.75, 3.05) is 26.2 Å². The van der Waals surface area contributed by atoms with Gasteiger partial charge in [0.05, 0.1) is 5.60 Å². The summed E-state index contributed by atoms with van der Waals surface area (Å²) in [6.45, 7) is 12.2. The molecule has 96 valence electrons. The fourth-order valence-electron chi connectivity index (χ4n) is 2.36. The highest BCUT2D eigenvalue weighted by atomic mass is 16.3. The molecule has 3 nitrogen and oxygen atoms in total. The third-order valence-corrected chi connectivity index (χ3v) is 3.48. The summed E-state index contributed by atoms with van der Waals surface area (Å²) in [7, 11) is 0. The van der Waals surface area contributed by atoms with Crippen LogP contribution in [0.2, 0.25) is 0 Å². The first-order valence-electron chi connectivity index (χ1n) is 6.55. The number of unbranched alkanes of at least 4 members (excludes halogenated alkanes) is 2. The van der Waals surface area contributed by atoms with E-state index in [0.717, 1.165) is 19.6 Å². The summed E-state index contributed by atoms with van der Waals surface area (Å²) in [6, 6.07) is 0. The Balaban J connectivity index is 2.59. The van der Waals surface area contributed by atoms with Crippen LogP contribution in [-0.2, 0) is 0 Å². The summed E-state index contributed by atoms with van der Waals surface area (Å²) < 4.78 is 0. The molecule has 0 aromatic rings. The molecule has 3 heteroatoms. The third kappa shape index (κ3) is 4.04. The molecule has 0 amide bonds. The van der Waals surface area contributed by atoms with Gasteiger partial charge in [-0.1, -0.05) is 19.8 Å². The summed E-state index contributed by atoms with van der Waals surface area (Å²) in [5, 5.41) is 13.6. The minimum absolute atomic E-state index is 0.147. The third-order valence-electron chi connectivity index (χ3n) is 3.48. The minimum atomic E-state index is -0.597. The van der Waals surface area contributed by atoms with Crippen molar-refractivity contribution in [3.63, 3.8) is 0 Å². The van der Waals surface area contributed by atoms with Crippen molar-refractivity contribution in [1.82, 2.24) is 10.2 Å². The lowest BCUT2D eigenvalue weighted by Crippen LogP contribution is -2.51. The highest BCUT2D eigenvalue weighted by Crippen LogP contribution is 2.21. The molecular weight excluding hydrogens is 200 g/mol. The van der Waals surface area contributed by atoms with Crippen molar-refractivity contribution in [3.05, 3.63) is 0 Å². The number of rotatable bonds is 4. The Morgan fingerprint density at radius 3 is 2.50 bits per heavy atom. The fourth-order valence-corrected chi connectivity index (χ4v) is 2.36. The van der Waals surface area contributed by atoms with E-state index in [0.29, 0.717) is 6.54 Å². The van der Waals surface area contributed by atoms with E-state index >= 15 is 0 Å². The second-order valence-corrected chi connectivity index (χ2v) is 6.04. The normalized spacial score (nSPS) is 31.3. The van der Waals surface area contributed by atoms with Gasteiger partial charge in [-0.3, -0.25) is 4.90 Å². The Labute approximate surface area is 100 Å². The van der Waals surface area contributed by atoms with Crippen molar-refractivity contribution in [1.29, 1.82) is 0 Å². The van der Waals surface area contributed by atoms with Gasteiger partial charge >= 0.3 is 0 Å². The van der Waals surface area contributed by atoms with E-state index in [9.17, 15) is 5.11 Å². The van der Waals surface area contributed by atoms with Gasteiger partial charge in [-0.25, -0.2) is 0 Å². The van der Waals surface area contributed by atoms with Gasteiger partial charge in [-0.15, -0.1) is 0 Å². The van der Waals surface area contributed by atoms with Crippen LogP contribution in [-0.4, -0.2) is 47.3 Å². The molecule has 16 heavy (non-hydrogen) atoms. The minimum Gasteiger partial charge on any atom is -0.388 e. The van der Waals surface area contributed by atoms with Gasteiger partial charge in [-0.2, -0.15) is 0 Å². The van der Waals surface area contributed by atoms with Gasteiger partial charge in [0.1, 0.15) is 0 Å². The molecule has 0 saturated carbocycles. The monoisotopic (exact) mass is 228 g/mol. The molecule has 1 saturated heterocycles. The zero-order valence-electron chi connectivity index (χ0n) is 11.3. The van der Waals surface area contributed by atoms with Crippen LogP contribution in [0.4, 0.5) is 0 Å². The zero-order chi connectivity index (χ0) is 12.2. The van der Waals surface area contributed by atoms with Gasteiger partial charge in [0.2, 0.25) is 0 Å². The van der Waals surface area contributed by atoms with Crippen molar-refractivity contribution in [2.24, 2.45) is 0 Å². The van der Waals surface area contributed by atoms with Crippen molar-refractivity contribution < 1.29 is 5.11 Å².